The Morgan fingerprint density at radius 3 is 3.17 bits per heavy atom. The normalized spacial score (nSPS) is 22.7. The van der Waals surface area contributed by atoms with Gasteiger partial charge in [0.05, 0.1) is 6.54 Å². The number of carbonyl (C=O) groups is 1. The second-order valence-electron chi connectivity index (χ2n) is 5.96. The SMILES string of the molecule is O=C(NC[C@@H]1Cc2ccccc2O1)[C@@H]1CCCN1c1nccs1. The van der Waals surface area contributed by atoms with Crippen molar-refractivity contribution in [1.82, 2.24) is 10.3 Å². The third-order valence-corrected chi connectivity index (χ3v) is 5.25. The summed E-state index contributed by atoms with van der Waals surface area (Å²) in [5.41, 5.74) is 1.22. The zero-order valence-corrected chi connectivity index (χ0v) is 13.6. The highest BCUT2D eigenvalue weighted by Crippen LogP contribution is 2.29. The molecule has 0 aliphatic carbocycles. The molecular weight excluding hydrogens is 310 g/mol. The van der Waals surface area contributed by atoms with Crippen LogP contribution in [0.15, 0.2) is 35.8 Å². The van der Waals surface area contributed by atoms with Crippen LogP contribution in [0.5, 0.6) is 5.75 Å². The maximum absolute atomic E-state index is 12.5. The van der Waals surface area contributed by atoms with E-state index in [2.05, 4.69) is 21.3 Å². The van der Waals surface area contributed by atoms with Gasteiger partial charge >= 0.3 is 0 Å². The van der Waals surface area contributed by atoms with Gasteiger partial charge in [-0.05, 0) is 24.5 Å². The number of para-hydroxylation sites is 1. The predicted octanol–water partition coefficient (Wildman–Crippen LogP) is 2.23. The maximum Gasteiger partial charge on any atom is 0.242 e. The fraction of sp³-hybridized carbons (Fsp3) is 0.412. The largest absolute Gasteiger partial charge is 0.488 e. The van der Waals surface area contributed by atoms with Crippen LogP contribution in [0.4, 0.5) is 5.13 Å². The monoisotopic (exact) mass is 329 g/mol. The molecule has 2 aliphatic rings. The minimum absolute atomic E-state index is 0.0334. The van der Waals surface area contributed by atoms with Crippen LogP contribution in [0.2, 0.25) is 0 Å². The highest BCUT2D eigenvalue weighted by molar-refractivity contribution is 7.13. The minimum atomic E-state index is -0.107. The van der Waals surface area contributed by atoms with E-state index >= 15 is 0 Å². The van der Waals surface area contributed by atoms with E-state index in [1.165, 1.54) is 5.56 Å². The molecule has 0 saturated carbocycles. The standard InChI is InChI=1S/C17H19N3O2S/c21-16(14-5-3-8-20(14)17-18-7-9-23-17)19-11-13-10-12-4-1-2-6-15(12)22-13/h1-2,4,6-7,9,13-14H,3,5,8,10-11H2,(H,19,21)/t13-,14-/m0/s1. The first kappa shape index (κ1) is 14.5. The van der Waals surface area contributed by atoms with Crippen LogP contribution >= 0.6 is 11.3 Å². The van der Waals surface area contributed by atoms with Crippen LogP contribution in [-0.2, 0) is 11.2 Å². The van der Waals surface area contributed by atoms with E-state index in [1.807, 2.05) is 23.6 Å². The molecule has 1 N–H and O–H groups in total. The molecule has 4 rings (SSSR count). The van der Waals surface area contributed by atoms with E-state index in [-0.39, 0.29) is 18.1 Å². The summed E-state index contributed by atoms with van der Waals surface area (Å²) in [7, 11) is 0. The molecule has 1 amide bonds. The van der Waals surface area contributed by atoms with Gasteiger partial charge < -0.3 is 15.0 Å². The summed E-state index contributed by atoms with van der Waals surface area (Å²) in [5.74, 6) is 1.02. The number of hydrogen-bond donors (Lipinski definition) is 1. The van der Waals surface area contributed by atoms with E-state index in [4.69, 9.17) is 4.74 Å². The molecule has 1 saturated heterocycles. The quantitative estimate of drug-likeness (QED) is 0.935. The Balaban J connectivity index is 1.34. The van der Waals surface area contributed by atoms with Crippen molar-refractivity contribution in [3.63, 3.8) is 0 Å². The van der Waals surface area contributed by atoms with Crippen molar-refractivity contribution in [1.29, 1.82) is 0 Å². The topological polar surface area (TPSA) is 54.5 Å². The smallest absolute Gasteiger partial charge is 0.242 e. The first-order valence-electron chi connectivity index (χ1n) is 7.99. The van der Waals surface area contributed by atoms with Gasteiger partial charge in [0.15, 0.2) is 5.13 Å². The minimum Gasteiger partial charge on any atom is -0.488 e. The fourth-order valence-corrected chi connectivity index (χ4v) is 4.05. The molecule has 2 aliphatic heterocycles. The van der Waals surface area contributed by atoms with Crippen LogP contribution in [0.3, 0.4) is 0 Å². The van der Waals surface area contributed by atoms with Crippen LogP contribution in [0.1, 0.15) is 18.4 Å². The number of ether oxygens (including phenoxy) is 1. The molecule has 2 atom stereocenters. The second kappa shape index (κ2) is 6.20. The summed E-state index contributed by atoms with van der Waals surface area (Å²) in [6, 6.07) is 7.96. The van der Waals surface area contributed by atoms with E-state index < -0.39 is 0 Å². The molecule has 0 unspecified atom stereocenters. The van der Waals surface area contributed by atoms with Crippen molar-refractivity contribution in [3.8, 4) is 5.75 Å². The summed E-state index contributed by atoms with van der Waals surface area (Å²) >= 11 is 1.59. The lowest BCUT2D eigenvalue weighted by atomic mass is 10.1. The Morgan fingerprint density at radius 1 is 1.43 bits per heavy atom. The third kappa shape index (κ3) is 2.91. The lowest BCUT2D eigenvalue weighted by Crippen LogP contribution is -2.46. The van der Waals surface area contributed by atoms with Gasteiger partial charge in [-0.3, -0.25) is 4.79 Å². The Labute approximate surface area is 139 Å². The van der Waals surface area contributed by atoms with Crippen LogP contribution < -0.4 is 15.0 Å². The molecular formula is C17H19N3O2S. The number of fused-ring (bicyclic) bond motifs is 1. The van der Waals surface area contributed by atoms with Gasteiger partial charge in [-0.15, -0.1) is 11.3 Å². The second-order valence-corrected chi connectivity index (χ2v) is 6.84. The van der Waals surface area contributed by atoms with Gasteiger partial charge in [0, 0.05) is 24.5 Å². The van der Waals surface area contributed by atoms with Crippen molar-refractivity contribution in [2.45, 2.75) is 31.4 Å². The molecule has 6 heteroatoms. The number of carbonyl (C=O) groups excluding carboxylic acids is 1. The van der Waals surface area contributed by atoms with Crippen molar-refractivity contribution in [3.05, 3.63) is 41.4 Å². The Kier molecular flexibility index (Phi) is 3.91. The molecule has 2 aromatic rings. The summed E-state index contributed by atoms with van der Waals surface area (Å²) in [6.45, 7) is 1.45. The number of nitrogens with one attached hydrogen (secondary N) is 1. The first-order valence-corrected chi connectivity index (χ1v) is 8.87. The van der Waals surface area contributed by atoms with Crippen molar-refractivity contribution in [2.24, 2.45) is 0 Å². The van der Waals surface area contributed by atoms with Gasteiger partial charge in [0.25, 0.3) is 0 Å². The van der Waals surface area contributed by atoms with Gasteiger partial charge in [-0.1, -0.05) is 18.2 Å². The Morgan fingerprint density at radius 2 is 2.35 bits per heavy atom. The summed E-state index contributed by atoms with van der Waals surface area (Å²) in [6.07, 6.45) is 4.60. The highest BCUT2D eigenvalue weighted by Gasteiger charge is 2.33. The van der Waals surface area contributed by atoms with Crippen LogP contribution in [-0.4, -0.2) is 36.1 Å². The Bertz CT molecular complexity index is 664. The van der Waals surface area contributed by atoms with Crippen molar-refractivity contribution < 1.29 is 9.53 Å². The number of aromatic nitrogens is 1. The van der Waals surface area contributed by atoms with Gasteiger partial charge in [0.2, 0.25) is 5.91 Å². The lowest BCUT2D eigenvalue weighted by Gasteiger charge is -2.23. The average molecular weight is 329 g/mol. The maximum atomic E-state index is 12.5. The molecule has 1 fully saturated rings. The van der Waals surface area contributed by atoms with E-state index in [1.54, 1.807) is 17.5 Å². The zero-order valence-electron chi connectivity index (χ0n) is 12.8. The molecule has 1 aromatic heterocycles. The van der Waals surface area contributed by atoms with Gasteiger partial charge in [-0.25, -0.2) is 4.98 Å². The van der Waals surface area contributed by atoms with E-state index in [0.29, 0.717) is 6.54 Å². The number of amides is 1. The number of nitrogens with zero attached hydrogens (tertiary/aromatic N) is 2. The van der Waals surface area contributed by atoms with Crippen molar-refractivity contribution >= 4 is 22.4 Å². The molecule has 0 spiro atoms. The fourth-order valence-electron chi connectivity index (χ4n) is 3.33. The molecule has 1 aromatic carbocycles. The van der Waals surface area contributed by atoms with Crippen LogP contribution in [0, 0.1) is 0 Å². The highest BCUT2D eigenvalue weighted by atomic mass is 32.1. The predicted molar refractivity (Wildman–Crippen MR) is 90.1 cm³/mol. The molecule has 3 heterocycles. The third-order valence-electron chi connectivity index (χ3n) is 4.44. The Hall–Kier alpha value is -2.08. The van der Waals surface area contributed by atoms with Gasteiger partial charge in [0.1, 0.15) is 17.9 Å². The molecule has 0 radical (unpaired) electrons. The zero-order chi connectivity index (χ0) is 15.6. The summed E-state index contributed by atoms with van der Waals surface area (Å²) < 4.78 is 5.88. The van der Waals surface area contributed by atoms with Crippen LogP contribution in [0.25, 0.3) is 0 Å². The lowest BCUT2D eigenvalue weighted by molar-refractivity contribution is -0.122. The molecule has 120 valence electrons. The summed E-state index contributed by atoms with van der Waals surface area (Å²) in [4.78, 5) is 19.0. The average Bonchev–Trinajstić information content (AvgIpc) is 3.31. The molecule has 0 bridgehead atoms. The molecule has 23 heavy (non-hydrogen) atoms. The number of benzene rings is 1. The number of anilines is 1. The molecule has 5 nitrogen and oxygen atoms in total. The number of rotatable bonds is 4. The summed E-state index contributed by atoms with van der Waals surface area (Å²) in [5, 5.41) is 5.95. The van der Waals surface area contributed by atoms with Crippen molar-refractivity contribution in [2.75, 3.05) is 18.0 Å². The van der Waals surface area contributed by atoms with Gasteiger partial charge in [-0.2, -0.15) is 0 Å². The van der Waals surface area contributed by atoms with E-state index in [0.717, 1.165) is 36.7 Å². The van der Waals surface area contributed by atoms with E-state index in [9.17, 15) is 4.79 Å². The number of thiazole rings is 1. The first-order chi connectivity index (χ1) is 11.3. The number of hydrogen-bond acceptors (Lipinski definition) is 5.